The highest BCUT2D eigenvalue weighted by atomic mass is 35.5. The first-order valence-electron chi connectivity index (χ1n) is 8.25. The predicted octanol–water partition coefficient (Wildman–Crippen LogP) is 4.51. The number of carbonyl (C=O) groups is 2. The number of pyridine rings is 1. The molecule has 4 rings (SSSR count). The molecule has 1 N–H and O–H groups in total. The van der Waals surface area contributed by atoms with Gasteiger partial charge in [-0.1, -0.05) is 11.6 Å². The lowest BCUT2D eigenvalue weighted by Crippen LogP contribution is -2.25. The smallest absolute Gasteiger partial charge is 0.262 e. The van der Waals surface area contributed by atoms with Gasteiger partial charge in [0.1, 0.15) is 17.3 Å². The van der Waals surface area contributed by atoms with Gasteiger partial charge >= 0.3 is 0 Å². The van der Waals surface area contributed by atoms with E-state index in [-0.39, 0.29) is 22.1 Å². The highest BCUT2D eigenvalue weighted by Gasteiger charge is 2.27. The Morgan fingerprint density at radius 3 is 2.86 bits per heavy atom. The molecule has 1 aliphatic rings. The lowest BCUT2D eigenvalue weighted by atomic mass is 10.1. The minimum absolute atomic E-state index is 0.00657. The van der Waals surface area contributed by atoms with Crippen LogP contribution in [0.25, 0.3) is 0 Å². The highest BCUT2D eigenvalue weighted by Crippen LogP contribution is 2.37. The zero-order chi connectivity index (χ0) is 19.8. The molecular weight excluding hydrogens is 385 g/mol. The van der Waals surface area contributed by atoms with Gasteiger partial charge in [-0.25, -0.2) is 9.37 Å². The summed E-state index contributed by atoms with van der Waals surface area (Å²) in [5, 5.41) is 2.74. The maximum absolute atomic E-state index is 13.4. The van der Waals surface area contributed by atoms with Crippen molar-refractivity contribution in [2.45, 2.75) is 0 Å². The number of carbonyl (C=O) groups excluding carboxylic acids is 2. The van der Waals surface area contributed by atoms with Crippen molar-refractivity contribution >= 4 is 34.8 Å². The van der Waals surface area contributed by atoms with Crippen LogP contribution < -0.4 is 15.0 Å². The minimum atomic E-state index is -0.593. The van der Waals surface area contributed by atoms with Crippen LogP contribution >= 0.6 is 11.6 Å². The summed E-state index contributed by atoms with van der Waals surface area (Å²) in [6, 6.07) is 11.6. The van der Waals surface area contributed by atoms with Crippen LogP contribution in [0.5, 0.6) is 11.6 Å². The van der Waals surface area contributed by atoms with Gasteiger partial charge in [-0.2, -0.15) is 0 Å². The molecule has 2 amide bonds. The van der Waals surface area contributed by atoms with E-state index < -0.39 is 11.7 Å². The summed E-state index contributed by atoms with van der Waals surface area (Å²) in [4.78, 5) is 30.9. The second kappa shape index (κ2) is 6.94. The predicted molar refractivity (Wildman–Crippen MR) is 103 cm³/mol. The number of aromatic nitrogens is 1. The Labute approximate surface area is 164 Å². The van der Waals surface area contributed by atoms with E-state index in [1.807, 2.05) is 0 Å². The Balaban J connectivity index is 1.67. The molecule has 0 bridgehead atoms. The van der Waals surface area contributed by atoms with E-state index in [0.717, 1.165) is 6.07 Å². The van der Waals surface area contributed by atoms with Gasteiger partial charge < -0.3 is 15.0 Å². The molecule has 0 unspecified atom stereocenters. The molecule has 6 nitrogen and oxygen atoms in total. The molecule has 0 fully saturated rings. The number of benzene rings is 2. The van der Waals surface area contributed by atoms with E-state index in [2.05, 4.69) is 10.3 Å². The normalized spacial score (nSPS) is 12.5. The maximum Gasteiger partial charge on any atom is 0.262 e. The summed E-state index contributed by atoms with van der Waals surface area (Å²) in [6.45, 7) is 0. The molecule has 0 aliphatic carbocycles. The van der Waals surface area contributed by atoms with E-state index in [4.69, 9.17) is 16.3 Å². The largest absolute Gasteiger partial charge is 0.436 e. The van der Waals surface area contributed by atoms with E-state index in [9.17, 15) is 14.0 Å². The second-order valence-corrected chi connectivity index (χ2v) is 6.49. The number of nitrogens with one attached hydrogen (secondary N) is 1. The van der Waals surface area contributed by atoms with Crippen LogP contribution in [-0.4, -0.2) is 23.8 Å². The van der Waals surface area contributed by atoms with Gasteiger partial charge in [0.15, 0.2) is 0 Å². The van der Waals surface area contributed by atoms with Crippen LogP contribution in [0.15, 0.2) is 54.7 Å². The van der Waals surface area contributed by atoms with E-state index in [1.54, 1.807) is 37.5 Å². The molecule has 0 saturated carbocycles. The third kappa shape index (κ3) is 3.16. The molecule has 1 aliphatic heterocycles. The number of hydrogen-bond donors (Lipinski definition) is 1. The SMILES string of the molecule is CN1C(=O)c2cc(NC(=O)c3cc(F)ccc3Cl)ccc2Oc2ncccc21. The summed E-state index contributed by atoms with van der Waals surface area (Å²) < 4.78 is 19.2. The molecule has 2 heterocycles. The second-order valence-electron chi connectivity index (χ2n) is 6.08. The van der Waals surface area contributed by atoms with Crippen molar-refractivity contribution in [3.8, 4) is 11.6 Å². The Kier molecular flexibility index (Phi) is 4.44. The number of rotatable bonds is 2. The standard InChI is InChI=1S/C20H13ClFN3O3/c1-25-16-3-2-8-23-19(16)28-17-7-5-12(10-14(17)20(25)27)24-18(26)13-9-11(22)4-6-15(13)21/h2-10H,1H3,(H,24,26). The monoisotopic (exact) mass is 397 g/mol. The van der Waals surface area contributed by atoms with Gasteiger partial charge in [0.25, 0.3) is 11.8 Å². The van der Waals surface area contributed by atoms with Crippen LogP contribution in [0, 0.1) is 5.82 Å². The number of nitrogens with zero attached hydrogens (tertiary/aromatic N) is 2. The molecule has 0 atom stereocenters. The molecule has 140 valence electrons. The molecule has 2 aromatic carbocycles. The molecule has 0 spiro atoms. The average molecular weight is 398 g/mol. The third-order valence-electron chi connectivity index (χ3n) is 4.26. The first kappa shape index (κ1) is 17.9. The van der Waals surface area contributed by atoms with Crippen molar-refractivity contribution < 1.29 is 18.7 Å². The molecule has 0 saturated heterocycles. The first-order valence-corrected chi connectivity index (χ1v) is 8.63. The van der Waals surface area contributed by atoms with Gasteiger partial charge in [-0.05, 0) is 48.5 Å². The zero-order valence-electron chi connectivity index (χ0n) is 14.6. The van der Waals surface area contributed by atoms with Crippen LogP contribution in [0.2, 0.25) is 5.02 Å². The number of amides is 2. The van der Waals surface area contributed by atoms with Crippen LogP contribution in [0.1, 0.15) is 20.7 Å². The summed E-state index contributed by atoms with van der Waals surface area (Å²) in [5.74, 6) is -0.866. The summed E-state index contributed by atoms with van der Waals surface area (Å²) >= 11 is 5.97. The van der Waals surface area contributed by atoms with Crippen molar-refractivity contribution in [3.05, 3.63) is 76.7 Å². The van der Waals surface area contributed by atoms with Crippen LogP contribution in [0.4, 0.5) is 15.8 Å². The Hall–Kier alpha value is -3.45. The molecule has 3 aromatic rings. The minimum Gasteiger partial charge on any atom is -0.436 e. The molecule has 28 heavy (non-hydrogen) atoms. The Morgan fingerprint density at radius 2 is 2.04 bits per heavy atom. The average Bonchev–Trinajstić information content (AvgIpc) is 2.79. The van der Waals surface area contributed by atoms with Crippen LogP contribution in [0.3, 0.4) is 0 Å². The quantitative estimate of drug-likeness (QED) is 0.690. The van der Waals surface area contributed by atoms with Gasteiger partial charge in [0.05, 0.1) is 16.1 Å². The van der Waals surface area contributed by atoms with Gasteiger partial charge in [0, 0.05) is 18.9 Å². The third-order valence-corrected chi connectivity index (χ3v) is 4.59. The zero-order valence-corrected chi connectivity index (χ0v) is 15.3. The number of ether oxygens (including phenoxy) is 1. The summed E-state index contributed by atoms with van der Waals surface area (Å²) in [5.41, 5.74) is 1.12. The molecule has 1 aromatic heterocycles. The number of halogens is 2. The lowest BCUT2D eigenvalue weighted by molar-refractivity contribution is 0.0990. The van der Waals surface area contributed by atoms with E-state index in [1.165, 1.54) is 23.1 Å². The first-order chi connectivity index (χ1) is 13.4. The molecule has 8 heteroatoms. The van der Waals surface area contributed by atoms with E-state index in [0.29, 0.717) is 23.0 Å². The fourth-order valence-electron chi connectivity index (χ4n) is 2.84. The topological polar surface area (TPSA) is 71.5 Å². The fourth-order valence-corrected chi connectivity index (χ4v) is 3.05. The fraction of sp³-hybridized carbons (Fsp3) is 0.0500. The van der Waals surface area contributed by atoms with Gasteiger partial charge in [0.2, 0.25) is 5.88 Å². The van der Waals surface area contributed by atoms with Gasteiger partial charge in [-0.15, -0.1) is 0 Å². The van der Waals surface area contributed by atoms with Crippen molar-refractivity contribution in [3.63, 3.8) is 0 Å². The van der Waals surface area contributed by atoms with Gasteiger partial charge in [-0.3, -0.25) is 9.59 Å². The van der Waals surface area contributed by atoms with Crippen molar-refractivity contribution in [2.75, 3.05) is 17.3 Å². The number of fused-ring (bicyclic) bond motifs is 2. The Morgan fingerprint density at radius 1 is 1.21 bits per heavy atom. The lowest BCUT2D eigenvalue weighted by Gasteiger charge is -2.15. The van der Waals surface area contributed by atoms with Crippen molar-refractivity contribution in [2.24, 2.45) is 0 Å². The highest BCUT2D eigenvalue weighted by molar-refractivity contribution is 6.34. The number of anilines is 2. The molecular formula is C20H13ClFN3O3. The van der Waals surface area contributed by atoms with Crippen LogP contribution in [-0.2, 0) is 0 Å². The summed E-state index contributed by atoms with van der Waals surface area (Å²) in [7, 11) is 1.61. The van der Waals surface area contributed by atoms with E-state index >= 15 is 0 Å². The molecule has 0 radical (unpaired) electrons. The summed E-state index contributed by atoms with van der Waals surface area (Å²) in [6.07, 6.45) is 1.57. The van der Waals surface area contributed by atoms with Crippen molar-refractivity contribution in [1.82, 2.24) is 4.98 Å². The van der Waals surface area contributed by atoms with Crippen molar-refractivity contribution in [1.29, 1.82) is 0 Å². The maximum atomic E-state index is 13.4. The Bertz CT molecular complexity index is 1120. The number of hydrogen-bond acceptors (Lipinski definition) is 4.